The molecule has 2 aromatic heterocycles. The Hall–Kier alpha value is -3.41. The van der Waals surface area contributed by atoms with E-state index < -0.39 is 11.6 Å². The highest BCUT2D eigenvalue weighted by Gasteiger charge is 2.14. The third-order valence-corrected chi connectivity index (χ3v) is 4.21. The lowest BCUT2D eigenvalue weighted by Gasteiger charge is -2.11. The van der Waals surface area contributed by atoms with E-state index >= 15 is 0 Å². The second kappa shape index (κ2) is 6.48. The minimum Gasteiger partial charge on any atom is -0.294 e. The van der Waals surface area contributed by atoms with Crippen LogP contribution >= 0.6 is 0 Å². The maximum absolute atomic E-state index is 14.5. The molecular formula is C20H13F2N3O. The molecule has 4 nitrogen and oxygen atoms in total. The van der Waals surface area contributed by atoms with Crippen molar-refractivity contribution in [2.75, 3.05) is 0 Å². The van der Waals surface area contributed by atoms with Crippen molar-refractivity contribution in [3.63, 3.8) is 0 Å². The second-order valence-electron chi connectivity index (χ2n) is 5.85. The highest BCUT2D eigenvalue weighted by Crippen LogP contribution is 2.24. The SMILES string of the molecule is O=c1c2ccccc2ncn1Cc1c(F)cc(-c2ccncc2)cc1F. The number of hydrogen-bond donors (Lipinski definition) is 0. The van der Waals surface area contributed by atoms with Gasteiger partial charge in [0.25, 0.3) is 5.56 Å². The number of hydrogen-bond acceptors (Lipinski definition) is 3. The van der Waals surface area contributed by atoms with E-state index in [1.54, 1.807) is 48.8 Å². The summed E-state index contributed by atoms with van der Waals surface area (Å²) in [4.78, 5) is 20.6. The number of nitrogens with zero attached hydrogens (tertiary/aromatic N) is 3. The molecule has 0 amide bonds. The van der Waals surface area contributed by atoms with Crippen LogP contribution in [0.25, 0.3) is 22.0 Å². The molecule has 128 valence electrons. The van der Waals surface area contributed by atoms with E-state index in [1.165, 1.54) is 23.0 Å². The molecule has 0 aliphatic heterocycles. The van der Waals surface area contributed by atoms with Crippen LogP contribution in [0.3, 0.4) is 0 Å². The third-order valence-electron chi connectivity index (χ3n) is 4.21. The zero-order valence-corrected chi connectivity index (χ0v) is 13.6. The molecular weight excluding hydrogens is 336 g/mol. The first-order valence-corrected chi connectivity index (χ1v) is 7.96. The Morgan fingerprint density at radius 2 is 1.62 bits per heavy atom. The maximum Gasteiger partial charge on any atom is 0.261 e. The Kier molecular flexibility index (Phi) is 4.01. The lowest BCUT2D eigenvalue weighted by atomic mass is 10.0. The summed E-state index contributed by atoms with van der Waals surface area (Å²) in [6, 6.07) is 12.7. The Morgan fingerprint density at radius 1 is 0.923 bits per heavy atom. The van der Waals surface area contributed by atoms with Gasteiger partial charge in [-0.25, -0.2) is 13.8 Å². The molecule has 2 heterocycles. The van der Waals surface area contributed by atoms with E-state index in [9.17, 15) is 13.6 Å². The van der Waals surface area contributed by atoms with Crippen LogP contribution in [0.5, 0.6) is 0 Å². The molecule has 4 aromatic rings. The quantitative estimate of drug-likeness (QED) is 0.565. The third kappa shape index (κ3) is 2.86. The van der Waals surface area contributed by atoms with Gasteiger partial charge in [0.15, 0.2) is 0 Å². The van der Waals surface area contributed by atoms with Crippen LogP contribution in [-0.2, 0) is 6.54 Å². The average Bonchev–Trinajstić information content (AvgIpc) is 2.67. The zero-order chi connectivity index (χ0) is 18.1. The Balaban J connectivity index is 1.76. The van der Waals surface area contributed by atoms with E-state index in [0.717, 1.165) is 0 Å². The number of halogens is 2. The highest BCUT2D eigenvalue weighted by atomic mass is 19.1. The summed E-state index contributed by atoms with van der Waals surface area (Å²) in [6.07, 6.45) is 4.42. The van der Waals surface area contributed by atoms with Crippen molar-refractivity contribution < 1.29 is 8.78 Å². The summed E-state index contributed by atoms with van der Waals surface area (Å²) in [5.41, 5.74) is 1.10. The van der Waals surface area contributed by atoms with Gasteiger partial charge >= 0.3 is 0 Å². The van der Waals surface area contributed by atoms with Crippen LogP contribution < -0.4 is 5.56 Å². The van der Waals surface area contributed by atoms with Crippen molar-refractivity contribution in [2.24, 2.45) is 0 Å². The van der Waals surface area contributed by atoms with Gasteiger partial charge in [-0.2, -0.15) is 0 Å². The van der Waals surface area contributed by atoms with Gasteiger partial charge in [0.1, 0.15) is 11.6 Å². The predicted octanol–water partition coefficient (Wildman–Crippen LogP) is 3.79. The minimum absolute atomic E-state index is 0.179. The van der Waals surface area contributed by atoms with Gasteiger partial charge in [-0.15, -0.1) is 0 Å². The molecule has 0 aliphatic carbocycles. The lowest BCUT2D eigenvalue weighted by Crippen LogP contribution is -2.22. The minimum atomic E-state index is -0.711. The second-order valence-corrected chi connectivity index (χ2v) is 5.85. The average molecular weight is 349 g/mol. The largest absolute Gasteiger partial charge is 0.294 e. The van der Waals surface area contributed by atoms with Gasteiger partial charge in [-0.05, 0) is 47.5 Å². The number of pyridine rings is 1. The van der Waals surface area contributed by atoms with E-state index in [4.69, 9.17) is 0 Å². The van der Waals surface area contributed by atoms with Crippen LogP contribution in [-0.4, -0.2) is 14.5 Å². The van der Waals surface area contributed by atoms with Gasteiger partial charge in [0, 0.05) is 18.0 Å². The summed E-state index contributed by atoms with van der Waals surface area (Å²) in [5, 5.41) is 0.407. The van der Waals surface area contributed by atoms with Crippen molar-refractivity contribution in [3.8, 4) is 11.1 Å². The molecule has 0 N–H and O–H groups in total. The first kappa shape index (κ1) is 16.1. The molecule has 0 fully saturated rings. The van der Waals surface area contributed by atoms with Crippen molar-refractivity contribution >= 4 is 10.9 Å². The number of fused-ring (bicyclic) bond motifs is 1. The lowest BCUT2D eigenvalue weighted by molar-refractivity contribution is 0.541. The van der Waals surface area contributed by atoms with Crippen LogP contribution in [0.2, 0.25) is 0 Å². The Morgan fingerprint density at radius 3 is 2.35 bits per heavy atom. The molecule has 0 saturated carbocycles. The molecule has 0 aliphatic rings. The summed E-state index contributed by atoms with van der Waals surface area (Å²) >= 11 is 0. The Bertz CT molecular complexity index is 1130. The first-order valence-electron chi connectivity index (χ1n) is 7.96. The number of aromatic nitrogens is 3. The molecule has 0 bridgehead atoms. The zero-order valence-electron chi connectivity index (χ0n) is 13.6. The number of benzene rings is 2. The Labute approximate surface area is 147 Å². The molecule has 2 aromatic carbocycles. The fourth-order valence-electron chi connectivity index (χ4n) is 2.85. The molecule has 0 spiro atoms. The summed E-state index contributed by atoms with van der Waals surface area (Å²) < 4.78 is 30.3. The predicted molar refractivity (Wildman–Crippen MR) is 94.7 cm³/mol. The first-order chi connectivity index (χ1) is 12.6. The fraction of sp³-hybridized carbons (Fsp3) is 0.0500. The van der Waals surface area contributed by atoms with Gasteiger partial charge < -0.3 is 0 Å². The molecule has 0 radical (unpaired) electrons. The van der Waals surface area contributed by atoms with Crippen LogP contribution in [0, 0.1) is 11.6 Å². The normalized spacial score (nSPS) is 11.0. The molecule has 0 saturated heterocycles. The van der Waals surface area contributed by atoms with Gasteiger partial charge in [0.2, 0.25) is 0 Å². The maximum atomic E-state index is 14.5. The topological polar surface area (TPSA) is 47.8 Å². The van der Waals surface area contributed by atoms with E-state index in [0.29, 0.717) is 22.0 Å². The molecule has 4 rings (SSSR count). The van der Waals surface area contributed by atoms with Crippen molar-refractivity contribution in [2.45, 2.75) is 6.54 Å². The molecule has 0 atom stereocenters. The van der Waals surface area contributed by atoms with Crippen molar-refractivity contribution in [3.05, 3.63) is 94.8 Å². The standard InChI is InChI=1S/C20H13F2N3O/c21-17-9-14(13-5-7-23-8-6-13)10-18(22)16(17)11-25-12-24-19-4-2-1-3-15(19)20(25)26/h1-10,12H,11H2. The van der Waals surface area contributed by atoms with E-state index in [1.807, 2.05) is 0 Å². The molecule has 0 unspecified atom stereocenters. The highest BCUT2D eigenvalue weighted by molar-refractivity contribution is 5.76. The molecule has 26 heavy (non-hydrogen) atoms. The van der Waals surface area contributed by atoms with E-state index in [-0.39, 0.29) is 17.7 Å². The van der Waals surface area contributed by atoms with Gasteiger partial charge in [-0.3, -0.25) is 14.3 Å². The van der Waals surface area contributed by atoms with Crippen LogP contribution in [0.1, 0.15) is 5.56 Å². The fourth-order valence-corrected chi connectivity index (χ4v) is 2.85. The van der Waals surface area contributed by atoms with Crippen molar-refractivity contribution in [1.29, 1.82) is 0 Å². The number of para-hydroxylation sites is 1. The van der Waals surface area contributed by atoms with Crippen LogP contribution in [0.15, 0.2) is 72.0 Å². The summed E-state index contributed by atoms with van der Waals surface area (Å²) in [6.45, 7) is -0.231. The van der Waals surface area contributed by atoms with E-state index in [2.05, 4.69) is 9.97 Å². The van der Waals surface area contributed by atoms with Crippen LogP contribution in [0.4, 0.5) is 8.78 Å². The summed E-state index contributed by atoms with van der Waals surface area (Å²) in [7, 11) is 0. The molecule has 6 heteroatoms. The van der Waals surface area contributed by atoms with Crippen molar-refractivity contribution in [1.82, 2.24) is 14.5 Å². The summed E-state index contributed by atoms with van der Waals surface area (Å²) in [5.74, 6) is -1.42. The van der Waals surface area contributed by atoms with Gasteiger partial charge in [-0.1, -0.05) is 12.1 Å². The number of rotatable bonds is 3. The smallest absolute Gasteiger partial charge is 0.261 e. The monoisotopic (exact) mass is 349 g/mol. The van der Waals surface area contributed by atoms with Gasteiger partial charge in [0.05, 0.1) is 23.8 Å².